The minimum Gasteiger partial charge on any atom is -0.398 e. The summed E-state index contributed by atoms with van der Waals surface area (Å²) in [4.78, 5) is 12.3. The van der Waals surface area contributed by atoms with Gasteiger partial charge in [-0.15, -0.1) is 5.10 Å². The first-order valence-electron chi connectivity index (χ1n) is 6.35. The number of hydrogen-bond donors (Lipinski definition) is 2. The molecule has 0 saturated carbocycles. The number of anilines is 1. The van der Waals surface area contributed by atoms with Gasteiger partial charge >= 0.3 is 0 Å². The van der Waals surface area contributed by atoms with Crippen LogP contribution < -0.4 is 11.3 Å². The second kappa shape index (κ2) is 4.81. The van der Waals surface area contributed by atoms with Crippen molar-refractivity contribution in [3.05, 3.63) is 50.1 Å². The van der Waals surface area contributed by atoms with E-state index in [9.17, 15) is 4.79 Å². The van der Waals surface area contributed by atoms with Gasteiger partial charge in [0.15, 0.2) is 0 Å². The summed E-state index contributed by atoms with van der Waals surface area (Å²) in [5, 5.41) is 10.9. The number of aromatic amines is 1. The van der Waals surface area contributed by atoms with Crippen LogP contribution in [0.5, 0.6) is 0 Å². The van der Waals surface area contributed by atoms with Gasteiger partial charge in [0.1, 0.15) is 5.69 Å². The van der Waals surface area contributed by atoms with Crippen LogP contribution in [0.15, 0.2) is 23.0 Å². The standard InChI is InChI=1S/C13H14N6OS/c1-7-3-4-8(9(14)5-7)6-10-11(20)18(2)12-15-16-13(21)19(12)17-10/h3-5H,6,14H2,1-2H3,(H,16,21). The van der Waals surface area contributed by atoms with Gasteiger partial charge in [-0.2, -0.15) is 9.61 Å². The number of H-pyrrole nitrogens is 1. The monoisotopic (exact) mass is 302 g/mol. The zero-order valence-electron chi connectivity index (χ0n) is 11.6. The van der Waals surface area contributed by atoms with Crippen molar-refractivity contribution in [3.63, 3.8) is 0 Å². The number of hydrogen-bond acceptors (Lipinski definition) is 5. The topological polar surface area (TPSA) is 94.0 Å². The summed E-state index contributed by atoms with van der Waals surface area (Å²) in [7, 11) is 1.64. The Labute approximate surface area is 125 Å². The smallest absolute Gasteiger partial charge is 0.276 e. The fraction of sp³-hybridized carbons (Fsp3) is 0.231. The fourth-order valence-corrected chi connectivity index (χ4v) is 2.37. The summed E-state index contributed by atoms with van der Waals surface area (Å²) in [6.07, 6.45) is 0.349. The molecule has 3 rings (SSSR count). The molecule has 0 spiro atoms. The number of nitrogens with one attached hydrogen (secondary N) is 1. The maximum atomic E-state index is 12.3. The molecular formula is C13H14N6OS. The Morgan fingerprint density at radius 3 is 2.90 bits per heavy atom. The quantitative estimate of drug-likeness (QED) is 0.543. The number of nitrogen functional groups attached to an aromatic ring is 1. The minimum absolute atomic E-state index is 0.212. The van der Waals surface area contributed by atoms with E-state index in [2.05, 4.69) is 15.3 Å². The zero-order valence-corrected chi connectivity index (χ0v) is 12.4. The number of rotatable bonds is 2. The number of nitrogens with zero attached hydrogens (tertiary/aromatic N) is 4. The summed E-state index contributed by atoms with van der Waals surface area (Å²) < 4.78 is 3.20. The molecule has 0 fully saturated rings. The van der Waals surface area contributed by atoms with E-state index in [0.29, 0.717) is 28.4 Å². The average molecular weight is 302 g/mol. The van der Waals surface area contributed by atoms with E-state index in [1.807, 2.05) is 25.1 Å². The second-order valence-corrected chi connectivity index (χ2v) is 5.32. The molecule has 21 heavy (non-hydrogen) atoms. The normalized spacial score (nSPS) is 11.1. The number of benzene rings is 1. The number of aryl methyl sites for hydroxylation is 2. The van der Waals surface area contributed by atoms with Crippen molar-refractivity contribution in [2.24, 2.45) is 7.05 Å². The van der Waals surface area contributed by atoms with Crippen molar-refractivity contribution in [1.82, 2.24) is 24.4 Å². The maximum absolute atomic E-state index is 12.3. The highest BCUT2D eigenvalue weighted by atomic mass is 32.1. The lowest BCUT2D eigenvalue weighted by Gasteiger charge is -2.07. The highest BCUT2D eigenvalue weighted by Gasteiger charge is 2.12. The van der Waals surface area contributed by atoms with Crippen molar-refractivity contribution < 1.29 is 0 Å². The van der Waals surface area contributed by atoms with Crippen LogP contribution in [0.3, 0.4) is 0 Å². The van der Waals surface area contributed by atoms with Crippen LogP contribution in [-0.2, 0) is 13.5 Å². The van der Waals surface area contributed by atoms with Gasteiger partial charge in [0.25, 0.3) is 11.3 Å². The van der Waals surface area contributed by atoms with Gasteiger partial charge in [0, 0.05) is 19.2 Å². The molecule has 8 heteroatoms. The Hall–Kier alpha value is -2.48. The summed E-state index contributed by atoms with van der Waals surface area (Å²) in [6.45, 7) is 1.97. The molecule has 0 atom stereocenters. The van der Waals surface area contributed by atoms with Gasteiger partial charge in [0.05, 0.1) is 0 Å². The van der Waals surface area contributed by atoms with Crippen LogP contribution in [0.2, 0.25) is 0 Å². The number of aromatic nitrogens is 5. The molecule has 0 saturated heterocycles. The third-order valence-corrected chi connectivity index (χ3v) is 3.63. The highest BCUT2D eigenvalue weighted by molar-refractivity contribution is 7.71. The third kappa shape index (κ3) is 2.23. The second-order valence-electron chi connectivity index (χ2n) is 4.93. The van der Waals surface area contributed by atoms with Crippen molar-refractivity contribution in [1.29, 1.82) is 0 Å². The lowest BCUT2D eigenvalue weighted by molar-refractivity contribution is 0.735. The van der Waals surface area contributed by atoms with Crippen molar-refractivity contribution >= 4 is 23.7 Å². The molecule has 0 aliphatic carbocycles. The Bertz CT molecular complexity index is 951. The molecule has 0 aliphatic rings. The third-order valence-electron chi connectivity index (χ3n) is 3.36. The summed E-state index contributed by atoms with van der Waals surface area (Å²) in [6, 6.07) is 5.74. The van der Waals surface area contributed by atoms with E-state index in [0.717, 1.165) is 11.1 Å². The Kier molecular flexibility index (Phi) is 3.09. The lowest BCUT2D eigenvalue weighted by Crippen LogP contribution is -2.26. The fourth-order valence-electron chi connectivity index (χ4n) is 2.21. The van der Waals surface area contributed by atoms with Crippen molar-refractivity contribution in [2.75, 3.05) is 5.73 Å². The zero-order chi connectivity index (χ0) is 15.1. The van der Waals surface area contributed by atoms with Crippen LogP contribution in [0.4, 0.5) is 5.69 Å². The molecule has 0 radical (unpaired) electrons. The molecule has 3 N–H and O–H groups in total. The Morgan fingerprint density at radius 1 is 1.43 bits per heavy atom. The van der Waals surface area contributed by atoms with Crippen LogP contribution in [0.25, 0.3) is 5.78 Å². The van der Waals surface area contributed by atoms with E-state index >= 15 is 0 Å². The van der Waals surface area contributed by atoms with E-state index in [4.69, 9.17) is 18.0 Å². The summed E-state index contributed by atoms with van der Waals surface area (Å²) in [5.74, 6) is 0.380. The minimum atomic E-state index is -0.212. The molecule has 1 aromatic carbocycles. The Balaban J connectivity index is 2.16. The van der Waals surface area contributed by atoms with E-state index in [1.54, 1.807) is 7.05 Å². The van der Waals surface area contributed by atoms with Crippen LogP contribution in [0, 0.1) is 11.7 Å². The first kappa shape index (κ1) is 13.5. The van der Waals surface area contributed by atoms with Crippen LogP contribution in [-0.4, -0.2) is 24.4 Å². The van der Waals surface area contributed by atoms with Gasteiger partial charge in [-0.3, -0.25) is 9.36 Å². The molecule has 2 aromatic heterocycles. The molecule has 2 heterocycles. The van der Waals surface area contributed by atoms with Gasteiger partial charge in [0.2, 0.25) is 4.77 Å². The molecule has 0 aliphatic heterocycles. The first-order chi connectivity index (χ1) is 9.97. The predicted octanol–water partition coefficient (Wildman–Crippen LogP) is 0.967. The van der Waals surface area contributed by atoms with Crippen LogP contribution >= 0.6 is 12.2 Å². The lowest BCUT2D eigenvalue weighted by atomic mass is 10.1. The molecule has 0 unspecified atom stereocenters. The summed E-state index contributed by atoms with van der Waals surface area (Å²) >= 11 is 5.10. The number of fused-ring (bicyclic) bond motifs is 1. The van der Waals surface area contributed by atoms with E-state index in [1.165, 1.54) is 9.08 Å². The SMILES string of the molecule is Cc1ccc(Cc2nn3c(=S)[nH]nc3n(C)c2=O)c(N)c1. The molecule has 0 bridgehead atoms. The van der Waals surface area contributed by atoms with Gasteiger partial charge < -0.3 is 5.73 Å². The van der Waals surface area contributed by atoms with E-state index < -0.39 is 0 Å². The maximum Gasteiger partial charge on any atom is 0.276 e. The first-order valence-corrected chi connectivity index (χ1v) is 6.76. The van der Waals surface area contributed by atoms with Crippen molar-refractivity contribution in [3.8, 4) is 0 Å². The van der Waals surface area contributed by atoms with E-state index in [-0.39, 0.29) is 5.56 Å². The largest absolute Gasteiger partial charge is 0.398 e. The number of nitrogens with two attached hydrogens (primary N) is 1. The predicted molar refractivity (Wildman–Crippen MR) is 81.8 cm³/mol. The average Bonchev–Trinajstić information content (AvgIpc) is 2.80. The van der Waals surface area contributed by atoms with Gasteiger partial charge in [-0.1, -0.05) is 12.1 Å². The summed E-state index contributed by atoms with van der Waals surface area (Å²) in [5.41, 5.74) is 8.74. The molecule has 0 amide bonds. The Morgan fingerprint density at radius 2 is 2.19 bits per heavy atom. The van der Waals surface area contributed by atoms with Crippen molar-refractivity contribution in [2.45, 2.75) is 13.3 Å². The highest BCUT2D eigenvalue weighted by Crippen LogP contribution is 2.16. The van der Waals surface area contributed by atoms with Crippen LogP contribution in [0.1, 0.15) is 16.8 Å². The molecular weight excluding hydrogens is 288 g/mol. The van der Waals surface area contributed by atoms with Gasteiger partial charge in [-0.25, -0.2) is 5.10 Å². The molecule has 3 aromatic rings. The molecule has 108 valence electrons. The van der Waals surface area contributed by atoms with Gasteiger partial charge in [-0.05, 0) is 36.3 Å². The molecule has 7 nitrogen and oxygen atoms in total.